The van der Waals surface area contributed by atoms with E-state index in [0.717, 1.165) is 17.9 Å². The third kappa shape index (κ3) is 2.77. The van der Waals surface area contributed by atoms with Gasteiger partial charge in [0.2, 0.25) is 0 Å². The van der Waals surface area contributed by atoms with E-state index in [1.54, 1.807) is 6.20 Å². The Morgan fingerprint density at radius 2 is 1.94 bits per heavy atom. The molecule has 0 amide bonds. The van der Waals surface area contributed by atoms with Crippen molar-refractivity contribution in [3.05, 3.63) is 48.4 Å². The van der Waals surface area contributed by atoms with Crippen molar-refractivity contribution in [2.24, 2.45) is 5.73 Å². The van der Waals surface area contributed by atoms with E-state index in [9.17, 15) is 0 Å². The fourth-order valence-electron chi connectivity index (χ4n) is 1.43. The summed E-state index contributed by atoms with van der Waals surface area (Å²) in [4.78, 5) is 7.95. The molecule has 0 atom stereocenters. The predicted octanol–water partition coefficient (Wildman–Crippen LogP) is 1.72. The molecule has 0 saturated carbocycles. The van der Waals surface area contributed by atoms with Crippen molar-refractivity contribution in [1.29, 1.82) is 0 Å². The zero-order chi connectivity index (χ0) is 11.2. The number of rotatable bonds is 4. The Bertz CT molecular complexity index is 425. The lowest BCUT2D eigenvalue weighted by atomic mass is 10.1. The van der Waals surface area contributed by atoms with Crippen LogP contribution in [0, 0.1) is 0 Å². The highest BCUT2D eigenvalue weighted by atomic mass is 15.0. The average molecular weight is 214 g/mol. The van der Waals surface area contributed by atoms with Crippen molar-refractivity contribution in [2.45, 2.75) is 6.42 Å². The summed E-state index contributed by atoms with van der Waals surface area (Å²) >= 11 is 0. The van der Waals surface area contributed by atoms with Gasteiger partial charge in [-0.25, -0.2) is 9.97 Å². The summed E-state index contributed by atoms with van der Waals surface area (Å²) in [5, 5.41) is 3.19. The van der Waals surface area contributed by atoms with E-state index in [4.69, 9.17) is 5.73 Å². The number of benzene rings is 1. The van der Waals surface area contributed by atoms with E-state index >= 15 is 0 Å². The van der Waals surface area contributed by atoms with E-state index in [1.807, 2.05) is 18.2 Å². The second-order valence-corrected chi connectivity index (χ2v) is 3.46. The summed E-state index contributed by atoms with van der Waals surface area (Å²) < 4.78 is 0. The van der Waals surface area contributed by atoms with Gasteiger partial charge in [-0.2, -0.15) is 0 Å². The van der Waals surface area contributed by atoms with Gasteiger partial charge in [0.15, 0.2) is 0 Å². The largest absolute Gasteiger partial charge is 0.340 e. The molecule has 0 unspecified atom stereocenters. The lowest BCUT2D eigenvalue weighted by Crippen LogP contribution is -2.02. The van der Waals surface area contributed by atoms with Gasteiger partial charge in [-0.1, -0.05) is 12.1 Å². The van der Waals surface area contributed by atoms with Crippen molar-refractivity contribution in [1.82, 2.24) is 9.97 Å². The van der Waals surface area contributed by atoms with Crippen LogP contribution in [-0.4, -0.2) is 16.5 Å². The molecule has 0 spiro atoms. The van der Waals surface area contributed by atoms with Crippen LogP contribution in [0.15, 0.2) is 42.9 Å². The van der Waals surface area contributed by atoms with E-state index in [-0.39, 0.29) is 0 Å². The Labute approximate surface area is 94.5 Å². The first-order valence-corrected chi connectivity index (χ1v) is 5.20. The van der Waals surface area contributed by atoms with Gasteiger partial charge < -0.3 is 11.1 Å². The fraction of sp³-hybridized carbons (Fsp3) is 0.167. The minimum Gasteiger partial charge on any atom is -0.340 e. The molecule has 2 rings (SSSR count). The van der Waals surface area contributed by atoms with Crippen LogP contribution in [0.3, 0.4) is 0 Å². The number of nitrogens with one attached hydrogen (secondary N) is 1. The summed E-state index contributed by atoms with van der Waals surface area (Å²) in [6.45, 7) is 0.679. The zero-order valence-corrected chi connectivity index (χ0v) is 8.93. The third-order valence-electron chi connectivity index (χ3n) is 2.24. The van der Waals surface area contributed by atoms with Crippen LogP contribution in [0.5, 0.6) is 0 Å². The SMILES string of the molecule is NCCc1ccc(Nc2ccncn2)cc1. The Balaban J connectivity index is 2.05. The first-order valence-electron chi connectivity index (χ1n) is 5.20. The molecule has 82 valence electrons. The Kier molecular flexibility index (Phi) is 3.46. The number of hydrogen-bond acceptors (Lipinski definition) is 4. The minimum atomic E-state index is 0.679. The molecular weight excluding hydrogens is 200 g/mol. The molecule has 2 aromatic rings. The van der Waals surface area contributed by atoms with Gasteiger partial charge in [0.05, 0.1) is 0 Å². The highest BCUT2D eigenvalue weighted by Crippen LogP contribution is 2.14. The molecule has 1 heterocycles. The normalized spacial score (nSPS) is 10.1. The van der Waals surface area contributed by atoms with Gasteiger partial charge in [-0.15, -0.1) is 0 Å². The summed E-state index contributed by atoms with van der Waals surface area (Å²) in [7, 11) is 0. The minimum absolute atomic E-state index is 0.679. The standard InChI is InChI=1S/C12H14N4/c13-7-5-10-1-3-11(4-2-10)16-12-6-8-14-9-15-12/h1-4,6,8-9H,5,7,13H2,(H,14,15,16). The van der Waals surface area contributed by atoms with E-state index < -0.39 is 0 Å². The van der Waals surface area contributed by atoms with Crippen LogP contribution >= 0.6 is 0 Å². The first kappa shape index (κ1) is 10.6. The van der Waals surface area contributed by atoms with E-state index in [0.29, 0.717) is 6.54 Å². The van der Waals surface area contributed by atoms with Crippen LogP contribution < -0.4 is 11.1 Å². The summed E-state index contributed by atoms with van der Waals surface area (Å²) in [5.41, 5.74) is 7.75. The van der Waals surface area contributed by atoms with Crippen molar-refractivity contribution in [2.75, 3.05) is 11.9 Å². The maximum atomic E-state index is 5.49. The Hall–Kier alpha value is -1.94. The smallest absolute Gasteiger partial charge is 0.133 e. The second kappa shape index (κ2) is 5.23. The van der Waals surface area contributed by atoms with Gasteiger partial charge in [0, 0.05) is 11.9 Å². The average Bonchev–Trinajstić information content (AvgIpc) is 2.33. The molecule has 4 heteroatoms. The monoisotopic (exact) mass is 214 g/mol. The maximum absolute atomic E-state index is 5.49. The van der Waals surface area contributed by atoms with Crippen LogP contribution in [0.25, 0.3) is 0 Å². The molecule has 1 aromatic carbocycles. The Morgan fingerprint density at radius 1 is 1.12 bits per heavy atom. The summed E-state index contributed by atoms with van der Waals surface area (Å²) in [6, 6.07) is 10.0. The van der Waals surface area contributed by atoms with Gasteiger partial charge in [0.1, 0.15) is 12.1 Å². The number of aromatic nitrogens is 2. The van der Waals surface area contributed by atoms with Crippen LogP contribution in [0.4, 0.5) is 11.5 Å². The molecule has 4 nitrogen and oxygen atoms in total. The highest BCUT2D eigenvalue weighted by Gasteiger charge is 1.95. The number of anilines is 2. The molecule has 0 aliphatic rings. The van der Waals surface area contributed by atoms with Crippen LogP contribution in [-0.2, 0) is 6.42 Å². The molecule has 0 saturated heterocycles. The predicted molar refractivity (Wildman–Crippen MR) is 64.5 cm³/mol. The quantitative estimate of drug-likeness (QED) is 0.813. The second-order valence-electron chi connectivity index (χ2n) is 3.46. The fourth-order valence-corrected chi connectivity index (χ4v) is 1.43. The van der Waals surface area contributed by atoms with Crippen molar-refractivity contribution in [3.63, 3.8) is 0 Å². The molecule has 0 radical (unpaired) electrons. The molecule has 0 aliphatic carbocycles. The molecule has 0 bridgehead atoms. The molecule has 3 N–H and O–H groups in total. The van der Waals surface area contributed by atoms with Gasteiger partial charge in [0.25, 0.3) is 0 Å². The van der Waals surface area contributed by atoms with Crippen LogP contribution in [0.1, 0.15) is 5.56 Å². The first-order chi connectivity index (χ1) is 7.88. The number of hydrogen-bond donors (Lipinski definition) is 2. The van der Waals surface area contributed by atoms with Gasteiger partial charge >= 0.3 is 0 Å². The number of nitrogens with zero attached hydrogens (tertiary/aromatic N) is 2. The molecule has 16 heavy (non-hydrogen) atoms. The van der Waals surface area contributed by atoms with Gasteiger partial charge in [-0.3, -0.25) is 0 Å². The Morgan fingerprint density at radius 3 is 2.56 bits per heavy atom. The lowest BCUT2D eigenvalue weighted by Gasteiger charge is -2.05. The van der Waals surface area contributed by atoms with Crippen LogP contribution in [0.2, 0.25) is 0 Å². The third-order valence-corrected chi connectivity index (χ3v) is 2.24. The van der Waals surface area contributed by atoms with Crippen molar-refractivity contribution >= 4 is 11.5 Å². The summed E-state index contributed by atoms with van der Waals surface area (Å²) in [5.74, 6) is 0.793. The van der Waals surface area contributed by atoms with E-state index in [2.05, 4.69) is 27.4 Å². The molecular formula is C12H14N4. The topological polar surface area (TPSA) is 63.8 Å². The highest BCUT2D eigenvalue weighted by molar-refractivity contribution is 5.55. The lowest BCUT2D eigenvalue weighted by molar-refractivity contribution is 0.969. The maximum Gasteiger partial charge on any atom is 0.133 e. The molecule has 0 fully saturated rings. The van der Waals surface area contributed by atoms with E-state index in [1.165, 1.54) is 11.9 Å². The number of nitrogens with two attached hydrogens (primary N) is 1. The molecule has 0 aliphatic heterocycles. The zero-order valence-electron chi connectivity index (χ0n) is 8.93. The van der Waals surface area contributed by atoms with Crippen molar-refractivity contribution in [3.8, 4) is 0 Å². The van der Waals surface area contributed by atoms with Gasteiger partial charge in [-0.05, 0) is 36.7 Å². The summed E-state index contributed by atoms with van der Waals surface area (Å²) in [6.07, 6.45) is 4.14. The van der Waals surface area contributed by atoms with Crippen molar-refractivity contribution < 1.29 is 0 Å². The molecule has 1 aromatic heterocycles.